The molecule has 0 atom stereocenters. The highest BCUT2D eigenvalue weighted by atomic mass is 19.1. The number of ether oxygens (including phenoxy) is 4. The molecule has 4 aromatic rings. The number of halogens is 2. The summed E-state index contributed by atoms with van der Waals surface area (Å²) in [5, 5.41) is 6.29. The lowest BCUT2D eigenvalue weighted by atomic mass is 10.1. The third-order valence-electron chi connectivity index (χ3n) is 5.47. The molecule has 0 aliphatic rings. The van der Waals surface area contributed by atoms with E-state index in [1.54, 1.807) is 37.5 Å². The number of nitrogens with zero attached hydrogens (tertiary/aromatic N) is 2. The summed E-state index contributed by atoms with van der Waals surface area (Å²) in [6, 6.07) is 8.92. The van der Waals surface area contributed by atoms with Crippen molar-refractivity contribution >= 4 is 22.9 Å². The number of carbonyl (C=O) groups is 1. The number of nitrogens with one attached hydrogen (secondary N) is 2. The van der Waals surface area contributed by atoms with Crippen LogP contribution in [0.1, 0.15) is 16.8 Å². The summed E-state index contributed by atoms with van der Waals surface area (Å²) in [7, 11) is 6.49. The van der Waals surface area contributed by atoms with E-state index in [2.05, 4.69) is 20.6 Å². The summed E-state index contributed by atoms with van der Waals surface area (Å²) in [5.74, 6) is -0.271. The average molecular weight is 541 g/mol. The van der Waals surface area contributed by atoms with E-state index in [9.17, 15) is 13.6 Å². The van der Waals surface area contributed by atoms with Gasteiger partial charge < -0.3 is 29.6 Å². The third-order valence-corrected chi connectivity index (χ3v) is 5.47. The normalized spacial score (nSPS) is 10.3. The van der Waals surface area contributed by atoms with Crippen LogP contribution in [0, 0.1) is 11.6 Å². The van der Waals surface area contributed by atoms with Crippen LogP contribution < -0.4 is 29.6 Å². The van der Waals surface area contributed by atoms with E-state index in [-0.39, 0.29) is 5.75 Å². The first kappa shape index (κ1) is 29.1. The molecule has 2 heterocycles. The largest absolute Gasteiger partial charge is 0.496 e. The maximum atomic E-state index is 14.3. The minimum absolute atomic E-state index is 0.255. The number of pyridine rings is 2. The van der Waals surface area contributed by atoms with Crippen molar-refractivity contribution in [1.82, 2.24) is 15.3 Å². The van der Waals surface area contributed by atoms with Crippen molar-refractivity contribution in [1.29, 1.82) is 0 Å². The first-order chi connectivity index (χ1) is 18.9. The Labute approximate surface area is 225 Å². The Bertz CT molecular complexity index is 1380. The highest BCUT2D eigenvalue weighted by Gasteiger charge is 2.17. The van der Waals surface area contributed by atoms with Crippen LogP contribution >= 0.6 is 0 Å². The molecule has 0 unspecified atom stereocenters. The van der Waals surface area contributed by atoms with Crippen molar-refractivity contribution in [2.24, 2.45) is 0 Å². The zero-order chi connectivity index (χ0) is 28.2. The van der Waals surface area contributed by atoms with E-state index >= 15 is 0 Å². The van der Waals surface area contributed by atoms with Crippen molar-refractivity contribution < 1.29 is 32.5 Å². The van der Waals surface area contributed by atoms with Crippen molar-refractivity contribution in [3.8, 4) is 28.7 Å². The number of rotatable bonds is 11. The van der Waals surface area contributed by atoms with Gasteiger partial charge in [0.25, 0.3) is 0 Å². The van der Waals surface area contributed by atoms with Crippen molar-refractivity contribution in [3.63, 3.8) is 0 Å². The van der Waals surface area contributed by atoms with E-state index in [1.807, 2.05) is 7.05 Å². The Hall–Kier alpha value is -4.51. The second-order valence-electron chi connectivity index (χ2n) is 7.99. The lowest BCUT2D eigenvalue weighted by Gasteiger charge is -2.14. The van der Waals surface area contributed by atoms with Gasteiger partial charge in [0.15, 0.2) is 35.2 Å². The summed E-state index contributed by atoms with van der Waals surface area (Å²) in [6.07, 6.45) is 6.09. The molecule has 0 aliphatic carbocycles. The van der Waals surface area contributed by atoms with Gasteiger partial charge in [-0.25, -0.2) is 8.78 Å². The Morgan fingerprint density at radius 2 is 1.64 bits per heavy atom. The quantitative estimate of drug-likeness (QED) is 0.195. The number of methoxy groups -OCH3 is 2. The fourth-order valence-corrected chi connectivity index (χ4v) is 3.50. The van der Waals surface area contributed by atoms with Gasteiger partial charge in [-0.3, -0.25) is 14.8 Å². The molecule has 0 amide bonds. The van der Waals surface area contributed by atoms with E-state index in [4.69, 9.17) is 18.9 Å². The molecule has 0 fully saturated rings. The molecule has 0 saturated heterocycles. The van der Waals surface area contributed by atoms with Crippen molar-refractivity contribution in [2.45, 2.75) is 6.42 Å². The smallest absolute Gasteiger partial charge is 0.198 e. The first-order valence-corrected chi connectivity index (χ1v) is 12.0. The van der Waals surface area contributed by atoms with Gasteiger partial charge in [-0.05, 0) is 38.2 Å². The molecular weight excluding hydrogens is 510 g/mol. The van der Waals surface area contributed by atoms with Gasteiger partial charge in [0.1, 0.15) is 11.5 Å². The highest BCUT2D eigenvalue weighted by molar-refractivity contribution is 5.88. The van der Waals surface area contributed by atoms with Gasteiger partial charge >= 0.3 is 0 Å². The molecule has 39 heavy (non-hydrogen) atoms. The molecule has 2 aromatic carbocycles. The van der Waals surface area contributed by atoms with E-state index in [0.717, 1.165) is 13.0 Å². The predicted molar refractivity (Wildman–Crippen MR) is 144 cm³/mol. The van der Waals surface area contributed by atoms with Crippen LogP contribution in [0.25, 0.3) is 10.9 Å². The third kappa shape index (κ3) is 7.51. The molecule has 0 bridgehead atoms. The lowest BCUT2D eigenvalue weighted by Crippen LogP contribution is -2.11. The van der Waals surface area contributed by atoms with Gasteiger partial charge in [0.2, 0.25) is 0 Å². The molecular formula is C28H30F2N4O5. The number of hydrogen-bond acceptors (Lipinski definition) is 9. The van der Waals surface area contributed by atoms with Gasteiger partial charge in [-0.1, -0.05) is 0 Å². The number of aldehydes is 1. The predicted octanol–water partition coefficient (Wildman–Crippen LogP) is 5.25. The molecule has 9 nitrogen and oxygen atoms in total. The number of benzene rings is 2. The van der Waals surface area contributed by atoms with Crippen molar-refractivity contribution in [3.05, 3.63) is 72.2 Å². The molecule has 0 saturated carbocycles. The molecule has 2 N–H and O–H groups in total. The average Bonchev–Trinajstić information content (AvgIpc) is 2.96. The van der Waals surface area contributed by atoms with Crippen LogP contribution in [0.2, 0.25) is 0 Å². The molecule has 0 spiro atoms. The van der Waals surface area contributed by atoms with Gasteiger partial charge in [0.05, 0.1) is 31.9 Å². The maximum absolute atomic E-state index is 14.3. The summed E-state index contributed by atoms with van der Waals surface area (Å²) in [4.78, 5) is 18.3. The Morgan fingerprint density at radius 1 is 0.923 bits per heavy atom. The zero-order valence-corrected chi connectivity index (χ0v) is 22.1. The van der Waals surface area contributed by atoms with Crippen LogP contribution in [-0.2, 0) is 0 Å². The van der Waals surface area contributed by atoms with Gasteiger partial charge in [0, 0.05) is 54.9 Å². The maximum Gasteiger partial charge on any atom is 0.198 e. The Balaban J connectivity index is 0.000000353. The van der Waals surface area contributed by atoms with Gasteiger partial charge in [-0.2, -0.15) is 0 Å². The van der Waals surface area contributed by atoms with Crippen LogP contribution in [0.3, 0.4) is 0 Å². The fourth-order valence-electron chi connectivity index (χ4n) is 3.50. The van der Waals surface area contributed by atoms with E-state index in [1.165, 1.54) is 38.7 Å². The molecule has 4 rings (SSSR count). The van der Waals surface area contributed by atoms with Crippen molar-refractivity contribution in [2.75, 3.05) is 46.8 Å². The monoisotopic (exact) mass is 540 g/mol. The number of aromatic nitrogens is 2. The SMILES string of the molecule is CNCCCOc1cc2nccc(Oc3c(F)cc(NC)cc3F)c2cc1OC.COc1ccncc1C=O. The minimum atomic E-state index is -0.809. The summed E-state index contributed by atoms with van der Waals surface area (Å²) in [5.41, 5.74) is 1.35. The van der Waals surface area contributed by atoms with Crippen LogP contribution in [0.4, 0.5) is 14.5 Å². The Morgan fingerprint density at radius 3 is 2.26 bits per heavy atom. The molecule has 0 aliphatic heterocycles. The van der Waals surface area contributed by atoms with E-state index < -0.39 is 17.4 Å². The number of carbonyl (C=O) groups excluding carboxylic acids is 1. The second kappa shape index (κ2) is 14.4. The molecule has 0 radical (unpaired) electrons. The Kier molecular flexibility index (Phi) is 10.8. The fraction of sp³-hybridized carbons (Fsp3) is 0.250. The van der Waals surface area contributed by atoms with E-state index in [0.29, 0.717) is 52.3 Å². The second-order valence-corrected chi connectivity index (χ2v) is 7.99. The standard InChI is InChI=1S/C21H23F2N3O3.C7H7NO2/c1-24-6-4-8-28-20-12-17-14(11-19(20)27-3)18(5-7-26-17)29-21-15(22)9-13(25-2)10-16(21)23;1-10-7-2-3-8-4-6(7)5-9/h5,7,9-12,24-25H,4,6,8H2,1-3H3;2-5H,1H3. The van der Waals surface area contributed by atoms with Crippen LogP contribution in [0.5, 0.6) is 28.7 Å². The van der Waals surface area contributed by atoms with Crippen LogP contribution in [0.15, 0.2) is 55.0 Å². The van der Waals surface area contributed by atoms with Gasteiger partial charge in [-0.15, -0.1) is 0 Å². The van der Waals surface area contributed by atoms with Crippen LogP contribution in [-0.4, -0.2) is 57.7 Å². The number of anilines is 1. The number of hydrogen-bond donors (Lipinski definition) is 2. The summed E-state index contributed by atoms with van der Waals surface area (Å²) >= 11 is 0. The molecule has 2 aromatic heterocycles. The molecule has 11 heteroatoms. The lowest BCUT2D eigenvalue weighted by molar-refractivity contribution is 0.112. The summed E-state index contributed by atoms with van der Waals surface area (Å²) < 4.78 is 50.3. The zero-order valence-electron chi connectivity index (χ0n) is 22.1. The highest BCUT2D eigenvalue weighted by Crippen LogP contribution is 2.38. The molecule has 206 valence electrons. The minimum Gasteiger partial charge on any atom is -0.496 e. The topological polar surface area (TPSA) is 104 Å². The first-order valence-electron chi connectivity index (χ1n) is 12.0. The summed E-state index contributed by atoms with van der Waals surface area (Å²) in [6.45, 7) is 1.34. The number of fused-ring (bicyclic) bond motifs is 1.